The molecule has 0 saturated carbocycles. The zero-order valence-corrected chi connectivity index (χ0v) is 20.9. The Balaban J connectivity index is 1.52. The van der Waals surface area contributed by atoms with Crippen molar-refractivity contribution in [3.05, 3.63) is 78.1 Å². The van der Waals surface area contributed by atoms with Crippen LogP contribution in [0, 0.1) is 0 Å². The number of hydrogen-bond donors (Lipinski definition) is 1. The van der Waals surface area contributed by atoms with Crippen molar-refractivity contribution in [2.45, 2.75) is 30.6 Å². The van der Waals surface area contributed by atoms with Crippen molar-refractivity contribution in [1.82, 2.24) is 14.7 Å². The Hall–Kier alpha value is -3.98. The predicted octanol–water partition coefficient (Wildman–Crippen LogP) is 4.48. The van der Waals surface area contributed by atoms with Gasteiger partial charge in [0.25, 0.3) is 15.9 Å². The highest BCUT2D eigenvalue weighted by molar-refractivity contribution is 7.90. The van der Waals surface area contributed by atoms with Crippen LogP contribution >= 0.6 is 0 Å². The Bertz CT molecular complexity index is 1580. The Kier molecular flexibility index (Phi) is 5.88. The van der Waals surface area contributed by atoms with E-state index in [2.05, 4.69) is 14.7 Å². The van der Waals surface area contributed by atoms with Crippen LogP contribution in [0.5, 0.6) is 11.5 Å². The van der Waals surface area contributed by atoms with Gasteiger partial charge in [-0.05, 0) is 48.2 Å². The molecule has 5 rings (SSSR count). The van der Waals surface area contributed by atoms with Gasteiger partial charge in [0.1, 0.15) is 17.2 Å². The number of carbonyl (C=O) groups excluding carboxylic acids is 1. The second-order valence-corrected chi connectivity index (χ2v) is 10.8. The number of pyridine rings is 2. The second kappa shape index (κ2) is 8.91. The van der Waals surface area contributed by atoms with Gasteiger partial charge in [-0.15, -0.1) is 0 Å². The highest BCUT2D eigenvalue weighted by Gasteiger charge is 2.36. The summed E-state index contributed by atoms with van der Waals surface area (Å²) in [6, 6.07) is 17.7. The molecule has 4 aromatic rings. The summed E-state index contributed by atoms with van der Waals surface area (Å²) >= 11 is 0. The molecule has 0 bridgehead atoms. The summed E-state index contributed by atoms with van der Waals surface area (Å²) in [5.74, 6) is -0.550. The highest BCUT2D eigenvalue weighted by atomic mass is 32.2. The van der Waals surface area contributed by atoms with Gasteiger partial charge in [0.05, 0.1) is 24.9 Å². The summed E-state index contributed by atoms with van der Waals surface area (Å²) in [5, 5.41) is 0.796. The van der Waals surface area contributed by atoms with Gasteiger partial charge in [-0.25, -0.2) is 18.1 Å². The fourth-order valence-electron chi connectivity index (χ4n) is 4.43. The average Bonchev–Trinajstić information content (AvgIpc) is 2.87. The molecular formula is C27H25N3O5S. The maximum absolute atomic E-state index is 13.5. The fourth-order valence-corrected chi connectivity index (χ4v) is 5.71. The van der Waals surface area contributed by atoms with E-state index in [-0.39, 0.29) is 27.5 Å². The lowest BCUT2D eigenvalue weighted by atomic mass is 9.80. The number of aromatic nitrogens is 2. The van der Waals surface area contributed by atoms with E-state index in [1.807, 2.05) is 44.2 Å². The van der Waals surface area contributed by atoms with Crippen molar-refractivity contribution in [3.63, 3.8) is 0 Å². The lowest BCUT2D eigenvalue weighted by molar-refractivity contribution is 0.0977. The molecule has 0 radical (unpaired) electrons. The lowest BCUT2D eigenvalue weighted by Crippen LogP contribution is -2.34. The third-order valence-electron chi connectivity index (χ3n) is 6.40. The quantitative estimate of drug-likeness (QED) is 0.428. The Morgan fingerprint density at radius 3 is 2.64 bits per heavy atom. The third kappa shape index (κ3) is 4.15. The van der Waals surface area contributed by atoms with Crippen molar-refractivity contribution >= 4 is 26.8 Å². The zero-order chi connectivity index (χ0) is 25.5. The topological polar surface area (TPSA) is 107 Å². The van der Waals surface area contributed by atoms with Gasteiger partial charge in [-0.1, -0.05) is 38.1 Å². The number of nitrogens with one attached hydrogen (secondary N) is 1. The Morgan fingerprint density at radius 1 is 1.06 bits per heavy atom. The summed E-state index contributed by atoms with van der Waals surface area (Å²) in [7, 11) is -2.97. The number of nitrogens with zero attached hydrogens (tertiary/aromatic N) is 2. The van der Waals surface area contributed by atoms with Gasteiger partial charge < -0.3 is 9.47 Å². The number of methoxy groups -OCH3 is 1. The molecule has 1 aliphatic heterocycles. The van der Waals surface area contributed by atoms with Crippen LogP contribution in [0.3, 0.4) is 0 Å². The Morgan fingerprint density at radius 2 is 1.89 bits per heavy atom. The molecule has 0 unspecified atom stereocenters. The summed E-state index contributed by atoms with van der Waals surface area (Å²) in [6.45, 7) is 4.40. The van der Waals surface area contributed by atoms with Crippen LogP contribution in [0.1, 0.15) is 36.3 Å². The summed E-state index contributed by atoms with van der Waals surface area (Å²) in [4.78, 5) is 21.7. The summed E-state index contributed by atoms with van der Waals surface area (Å²) in [6.07, 6.45) is 2.44. The van der Waals surface area contributed by atoms with Gasteiger partial charge in [-0.3, -0.25) is 9.78 Å². The number of amides is 1. The standard InChI is InChI=1S/C27H25N3O5S/c1-27(2)14-16-35-24-19(27)11-13-23(34-3)25(24)36(32,33)30-26(31)22-12-10-18-17(7-6-9-21(18)29-22)20-8-4-5-15-28-20/h4-13,15H,14,16H2,1-3H3,(H,30,31). The first-order chi connectivity index (χ1) is 17.2. The van der Waals surface area contributed by atoms with Crippen molar-refractivity contribution in [2.75, 3.05) is 13.7 Å². The van der Waals surface area contributed by atoms with E-state index in [9.17, 15) is 13.2 Å². The summed E-state index contributed by atoms with van der Waals surface area (Å²) < 4.78 is 40.2. The molecule has 3 heterocycles. The number of carbonyl (C=O) groups is 1. The number of fused-ring (bicyclic) bond motifs is 2. The molecule has 1 N–H and O–H groups in total. The fraction of sp³-hybridized carbons (Fsp3) is 0.222. The third-order valence-corrected chi connectivity index (χ3v) is 7.78. The molecule has 2 aromatic heterocycles. The van der Waals surface area contributed by atoms with Crippen molar-refractivity contribution in [2.24, 2.45) is 0 Å². The van der Waals surface area contributed by atoms with Gasteiger partial charge >= 0.3 is 0 Å². The largest absolute Gasteiger partial charge is 0.495 e. The number of rotatable bonds is 5. The molecule has 1 amide bonds. The highest BCUT2D eigenvalue weighted by Crippen LogP contribution is 2.45. The van der Waals surface area contributed by atoms with Crippen molar-refractivity contribution in [1.29, 1.82) is 0 Å². The van der Waals surface area contributed by atoms with Crippen LogP contribution < -0.4 is 14.2 Å². The van der Waals surface area contributed by atoms with Gasteiger partial charge in [-0.2, -0.15) is 0 Å². The molecule has 8 nitrogen and oxygen atoms in total. The van der Waals surface area contributed by atoms with E-state index < -0.39 is 15.9 Å². The van der Waals surface area contributed by atoms with E-state index in [4.69, 9.17) is 9.47 Å². The minimum Gasteiger partial charge on any atom is -0.495 e. The van der Waals surface area contributed by atoms with Crippen LogP contribution in [0.4, 0.5) is 0 Å². The first kappa shape index (κ1) is 23.7. The first-order valence-electron chi connectivity index (χ1n) is 11.4. The first-order valence-corrected chi connectivity index (χ1v) is 12.9. The molecule has 184 valence electrons. The van der Waals surface area contributed by atoms with E-state index in [1.165, 1.54) is 13.2 Å². The molecule has 2 aromatic carbocycles. The normalized spacial score (nSPS) is 14.5. The van der Waals surface area contributed by atoms with Crippen LogP contribution in [0.2, 0.25) is 0 Å². The van der Waals surface area contributed by atoms with Crippen LogP contribution in [-0.2, 0) is 15.4 Å². The number of benzene rings is 2. The average molecular weight is 504 g/mol. The Labute approximate surface area is 209 Å². The number of ether oxygens (including phenoxy) is 2. The lowest BCUT2D eigenvalue weighted by Gasteiger charge is -2.33. The molecule has 0 saturated heterocycles. The van der Waals surface area contributed by atoms with Crippen molar-refractivity contribution < 1.29 is 22.7 Å². The monoisotopic (exact) mass is 503 g/mol. The minimum atomic E-state index is -4.35. The van der Waals surface area contributed by atoms with Crippen LogP contribution in [0.25, 0.3) is 22.2 Å². The molecule has 9 heteroatoms. The van der Waals surface area contributed by atoms with Crippen LogP contribution in [-0.4, -0.2) is 38.0 Å². The minimum absolute atomic E-state index is 0.0331. The summed E-state index contributed by atoms with van der Waals surface area (Å²) in [5.41, 5.74) is 2.60. The molecular weight excluding hydrogens is 478 g/mol. The van der Waals surface area contributed by atoms with Gasteiger partial charge in [0.15, 0.2) is 4.90 Å². The van der Waals surface area contributed by atoms with Gasteiger partial charge in [0, 0.05) is 22.7 Å². The molecule has 0 aliphatic carbocycles. The molecule has 0 spiro atoms. The number of sulfonamides is 1. The molecule has 0 atom stereocenters. The van der Waals surface area contributed by atoms with E-state index in [0.717, 1.165) is 28.6 Å². The van der Waals surface area contributed by atoms with E-state index in [0.29, 0.717) is 12.1 Å². The zero-order valence-electron chi connectivity index (χ0n) is 20.1. The maximum Gasteiger partial charge on any atom is 0.283 e. The van der Waals surface area contributed by atoms with E-state index >= 15 is 0 Å². The number of hydrogen-bond acceptors (Lipinski definition) is 7. The molecule has 1 aliphatic rings. The van der Waals surface area contributed by atoms with E-state index in [1.54, 1.807) is 30.5 Å². The molecule has 36 heavy (non-hydrogen) atoms. The SMILES string of the molecule is COc1ccc2c(c1S(=O)(=O)NC(=O)c1ccc3c(-c4ccccn4)cccc3n1)OCCC2(C)C. The van der Waals surface area contributed by atoms with Crippen molar-refractivity contribution in [3.8, 4) is 22.8 Å². The van der Waals surface area contributed by atoms with Gasteiger partial charge in [0.2, 0.25) is 0 Å². The second-order valence-electron chi connectivity index (χ2n) is 9.17. The smallest absolute Gasteiger partial charge is 0.283 e. The maximum atomic E-state index is 13.5. The predicted molar refractivity (Wildman–Crippen MR) is 136 cm³/mol. The molecule has 0 fully saturated rings. The van der Waals surface area contributed by atoms with Crippen LogP contribution in [0.15, 0.2) is 71.8 Å².